The summed E-state index contributed by atoms with van der Waals surface area (Å²) in [5.41, 5.74) is 0. The van der Waals surface area contributed by atoms with E-state index >= 15 is 0 Å². The number of rotatable bonds is 11. The van der Waals surface area contributed by atoms with Crippen molar-refractivity contribution in [3.05, 3.63) is 0 Å². The van der Waals surface area contributed by atoms with E-state index in [2.05, 4.69) is 29.8 Å². The van der Waals surface area contributed by atoms with E-state index in [1.807, 2.05) is 0 Å². The minimum Gasteiger partial charge on any atom is -0.397 e. The Kier molecular flexibility index (Phi) is 13.2. The summed E-state index contributed by atoms with van der Waals surface area (Å²) in [6.07, 6.45) is 5.90. The lowest BCUT2D eigenvalue weighted by atomic mass is 10.4. The molecule has 0 N–H and O–H groups in total. The molecule has 0 atom stereocenters. The van der Waals surface area contributed by atoms with Crippen LogP contribution in [0.25, 0.3) is 0 Å². The fourth-order valence-electron chi connectivity index (χ4n) is 1.18. The molecule has 92 valence electrons. The second kappa shape index (κ2) is 12.7. The van der Waals surface area contributed by atoms with E-state index in [9.17, 15) is 0 Å². The first-order valence-electron chi connectivity index (χ1n) is 6.14. The number of unbranched alkanes of at least 4 members (excludes halogenated alkanes) is 2. The first-order valence-corrected chi connectivity index (χ1v) is 9.02. The zero-order valence-corrected chi connectivity index (χ0v) is 12.9. The standard InChI is InChI=1S/C11H25BrO2Si/c1-3-5-9-13-15(11-7-8-12)14-10-6-4-2/h15H,3-11H2,1-2H3. The summed E-state index contributed by atoms with van der Waals surface area (Å²) in [5.74, 6) is 0. The Morgan fingerprint density at radius 1 is 0.933 bits per heavy atom. The highest BCUT2D eigenvalue weighted by Crippen LogP contribution is 2.06. The fourth-order valence-corrected chi connectivity index (χ4v) is 3.92. The predicted molar refractivity (Wildman–Crippen MR) is 72.1 cm³/mol. The fraction of sp³-hybridized carbons (Fsp3) is 1.00. The summed E-state index contributed by atoms with van der Waals surface area (Å²) in [6, 6.07) is 1.14. The highest BCUT2D eigenvalue weighted by Gasteiger charge is 2.12. The monoisotopic (exact) mass is 296 g/mol. The third-order valence-corrected chi connectivity index (χ3v) is 4.83. The molecule has 0 amide bonds. The molecule has 0 aromatic carbocycles. The highest BCUT2D eigenvalue weighted by atomic mass is 79.9. The van der Waals surface area contributed by atoms with Crippen molar-refractivity contribution in [1.29, 1.82) is 0 Å². The van der Waals surface area contributed by atoms with Crippen molar-refractivity contribution in [3.8, 4) is 0 Å². The molecular weight excluding hydrogens is 272 g/mol. The van der Waals surface area contributed by atoms with Crippen LogP contribution >= 0.6 is 15.9 Å². The molecule has 0 saturated carbocycles. The van der Waals surface area contributed by atoms with Crippen LogP contribution in [-0.4, -0.2) is 27.8 Å². The van der Waals surface area contributed by atoms with Crippen molar-refractivity contribution in [1.82, 2.24) is 0 Å². The minimum absolute atomic E-state index is 0.891. The van der Waals surface area contributed by atoms with Gasteiger partial charge in [-0.25, -0.2) is 0 Å². The van der Waals surface area contributed by atoms with E-state index in [0.717, 1.165) is 37.4 Å². The topological polar surface area (TPSA) is 18.5 Å². The van der Waals surface area contributed by atoms with Crippen LogP contribution in [0.15, 0.2) is 0 Å². The van der Waals surface area contributed by atoms with E-state index in [1.54, 1.807) is 0 Å². The highest BCUT2D eigenvalue weighted by molar-refractivity contribution is 9.09. The van der Waals surface area contributed by atoms with Crippen molar-refractivity contribution < 1.29 is 8.85 Å². The van der Waals surface area contributed by atoms with E-state index in [-0.39, 0.29) is 0 Å². The smallest absolute Gasteiger partial charge is 0.321 e. The number of halogens is 1. The van der Waals surface area contributed by atoms with Crippen LogP contribution < -0.4 is 0 Å². The van der Waals surface area contributed by atoms with E-state index in [0.29, 0.717) is 0 Å². The maximum atomic E-state index is 5.83. The van der Waals surface area contributed by atoms with E-state index < -0.39 is 9.28 Å². The van der Waals surface area contributed by atoms with Gasteiger partial charge in [-0.1, -0.05) is 42.6 Å². The van der Waals surface area contributed by atoms with Crippen molar-refractivity contribution in [2.24, 2.45) is 0 Å². The van der Waals surface area contributed by atoms with Gasteiger partial charge in [-0.2, -0.15) is 0 Å². The largest absolute Gasteiger partial charge is 0.397 e. The van der Waals surface area contributed by atoms with Gasteiger partial charge in [0.25, 0.3) is 0 Å². The van der Waals surface area contributed by atoms with Crippen LogP contribution in [-0.2, 0) is 8.85 Å². The third-order valence-electron chi connectivity index (χ3n) is 2.18. The van der Waals surface area contributed by atoms with Gasteiger partial charge in [-0.3, -0.25) is 0 Å². The molecule has 0 spiro atoms. The van der Waals surface area contributed by atoms with Gasteiger partial charge < -0.3 is 8.85 Å². The Hall–Kier alpha value is 0.617. The number of alkyl halides is 1. The quantitative estimate of drug-likeness (QED) is 0.329. The molecule has 0 aliphatic rings. The molecule has 0 rings (SSSR count). The maximum Gasteiger partial charge on any atom is 0.321 e. The Morgan fingerprint density at radius 3 is 1.87 bits per heavy atom. The molecule has 0 fully saturated rings. The summed E-state index contributed by atoms with van der Waals surface area (Å²) in [7, 11) is -1.34. The van der Waals surface area contributed by atoms with Gasteiger partial charge in [0.1, 0.15) is 0 Å². The van der Waals surface area contributed by atoms with Crippen LogP contribution in [0.2, 0.25) is 6.04 Å². The van der Waals surface area contributed by atoms with Crippen molar-refractivity contribution in [2.45, 2.75) is 52.0 Å². The molecule has 4 heteroatoms. The zero-order chi connectivity index (χ0) is 11.4. The Balaban J connectivity index is 3.53. The van der Waals surface area contributed by atoms with Gasteiger partial charge in [-0.05, 0) is 25.3 Å². The van der Waals surface area contributed by atoms with Gasteiger partial charge >= 0.3 is 9.28 Å². The van der Waals surface area contributed by atoms with Gasteiger partial charge in [0, 0.05) is 18.5 Å². The lowest BCUT2D eigenvalue weighted by Gasteiger charge is -2.16. The summed E-state index contributed by atoms with van der Waals surface area (Å²) in [4.78, 5) is 0. The Labute approximate surface area is 105 Å². The average Bonchev–Trinajstić information content (AvgIpc) is 2.25. The molecule has 2 nitrogen and oxygen atoms in total. The number of hydrogen-bond donors (Lipinski definition) is 0. The molecule has 15 heavy (non-hydrogen) atoms. The summed E-state index contributed by atoms with van der Waals surface area (Å²) in [6.45, 7) is 6.16. The first-order chi connectivity index (χ1) is 7.35. The minimum atomic E-state index is -1.34. The van der Waals surface area contributed by atoms with Crippen molar-refractivity contribution in [3.63, 3.8) is 0 Å². The lowest BCUT2D eigenvalue weighted by molar-refractivity contribution is 0.191. The molecule has 0 aromatic heterocycles. The molecular formula is C11H25BrO2Si. The molecule has 0 heterocycles. The van der Waals surface area contributed by atoms with Gasteiger partial charge in [0.05, 0.1) is 0 Å². The van der Waals surface area contributed by atoms with Gasteiger partial charge in [0.2, 0.25) is 0 Å². The van der Waals surface area contributed by atoms with Gasteiger partial charge in [-0.15, -0.1) is 0 Å². The van der Waals surface area contributed by atoms with Crippen LogP contribution in [0.1, 0.15) is 46.0 Å². The Morgan fingerprint density at radius 2 is 1.47 bits per heavy atom. The van der Waals surface area contributed by atoms with Crippen LogP contribution in [0, 0.1) is 0 Å². The summed E-state index contributed by atoms with van der Waals surface area (Å²) >= 11 is 3.45. The number of hydrogen-bond acceptors (Lipinski definition) is 2. The van der Waals surface area contributed by atoms with Crippen LogP contribution in [0.4, 0.5) is 0 Å². The molecule has 0 aromatic rings. The first kappa shape index (κ1) is 15.6. The van der Waals surface area contributed by atoms with Crippen molar-refractivity contribution >= 4 is 25.2 Å². The normalized spacial score (nSPS) is 11.2. The zero-order valence-electron chi connectivity index (χ0n) is 10.1. The summed E-state index contributed by atoms with van der Waals surface area (Å²) in [5, 5.41) is 1.06. The molecule has 0 bridgehead atoms. The molecule has 0 aliphatic heterocycles. The van der Waals surface area contributed by atoms with Crippen LogP contribution in [0.3, 0.4) is 0 Å². The summed E-state index contributed by atoms with van der Waals surface area (Å²) < 4.78 is 11.7. The van der Waals surface area contributed by atoms with Crippen molar-refractivity contribution in [2.75, 3.05) is 18.5 Å². The second-order valence-corrected chi connectivity index (χ2v) is 6.61. The lowest BCUT2D eigenvalue weighted by Crippen LogP contribution is -2.24. The molecule has 0 unspecified atom stereocenters. The second-order valence-electron chi connectivity index (χ2n) is 3.71. The molecule has 0 radical (unpaired) electrons. The third kappa shape index (κ3) is 10.9. The van der Waals surface area contributed by atoms with E-state index in [1.165, 1.54) is 19.3 Å². The predicted octanol–water partition coefficient (Wildman–Crippen LogP) is 3.63. The molecule has 0 saturated heterocycles. The SMILES string of the molecule is CCCCO[SiH](CCCBr)OCCCC. The average molecular weight is 297 g/mol. The van der Waals surface area contributed by atoms with Gasteiger partial charge in [0.15, 0.2) is 0 Å². The maximum absolute atomic E-state index is 5.83. The molecule has 0 aliphatic carbocycles. The van der Waals surface area contributed by atoms with E-state index in [4.69, 9.17) is 8.85 Å². The van der Waals surface area contributed by atoms with Crippen LogP contribution in [0.5, 0.6) is 0 Å². The Bertz CT molecular complexity index is 115.